The highest BCUT2D eigenvalue weighted by atomic mass is 16.1. The average Bonchev–Trinajstić information content (AvgIpc) is 2.93. The Bertz CT molecular complexity index is 735. The molecular weight excluding hydrogens is 264 g/mol. The number of carbonyl (C=O) groups excluding carboxylic acids is 1. The van der Waals surface area contributed by atoms with Gasteiger partial charge in [-0.1, -0.05) is 18.2 Å². The van der Waals surface area contributed by atoms with Gasteiger partial charge in [-0.25, -0.2) is 0 Å². The molecule has 0 bridgehead atoms. The molecule has 1 saturated heterocycles. The second kappa shape index (κ2) is 5.41. The standard InChI is InChI=1S/C16H16N4O/c1-11(21)19-13-6-7-20(10-13)16-12(8-17)9-18-15-5-3-2-4-14(15)16/h2-5,9,13H,6-7,10H2,1H3,(H,19,21)/t13-/m0/s1. The van der Waals surface area contributed by atoms with Crippen molar-refractivity contribution in [2.75, 3.05) is 18.0 Å². The predicted octanol–water partition coefficient (Wildman–Crippen LogP) is 1.82. The Morgan fingerprint density at radius 2 is 2.29 bits per heavy atom. The minimum Gasteiger partial charge on any atom is -0.368 e. The van der Waals surface area contributed by atoms with Gasteiger partial charge in [0, 0.05) is 37.6 Å². The lowest BCUT2D eigenvalue weighted by atomic mass is 10.1. The van der Waals surface area contributed by atoms with Crippen molar-refractivity contribution in [3.63, 3.8) is 0 Å². The van der Waals surface area contributed by atoms with E-state index in [1.165, 1.54) is 6.92 Å². The number of nitriles is 1. The van der Waals surface area contributed by atoms with Crippen molar-refractivity contribution in [2.24, 2.45) is 0 Å². The van der Waals surface area contributed by atoms with Crippen molar-refractivity contribution in [3.05, 3.63) is 36.0 Å². The number of nitrogens with one attached hydrogen (secondary N) is 1. The van der Waals surface area contributed by atoms with E-state index < -0.39 is 0 Å². The summed E-state index contributed by atoms with van der Waals surface area (Å²) < 4.78 is 0. The van der Waals surface area contributed by atoms with Gasteiger partial charge in [-0.15, -0.1) is 0 Å². The van der Waals surface area contributed by atoms with Gasteiger partial charge in [-0.05, 0) is 12.5 Å². The van der Waals surface area contributed by atoms with Gasteiger partial charge in [0.15, 0.2) is 0 Å². The van der Waals surface area contributed by atoms with E-state index in [4.69, 9.17) is 0 Å². The van der Waals surface area contributed by atoms with Crippen LogP contribution in [0.1, 0.15) is 18.9 Å². The molecule has 1 aromatic carbocycles. The lowest BCUT2D eigenvalue weighted by molar-refractivity contribution is -0.119. The van der Waals surface area contributed by atoms with Crippen molar-refractivity contribution in [3.8, 4) is 6.07 Å². The van der Waals surface area contributed by atoms with E-state index in [0.717, 1.165) is 36.1 Å². The molecule has 1 aliphatic rings. The maximum atomic E-state index is 11.2. The first-order valence-electron chi connectivity index (χ1n) is 6.99. The maximum Gasteiger partial charge on any atom is 0.217 e. The van der Waals surface area contributed by atoms with E-state index in [1.807, 2.05) is 24.3 Å². The highest BCUT2D eigenvalue weighted by Crippen LogP contribution is 2.31. The zero-order valence-corrected chi connectivity index (χ0v) is 11.8. The van der Waals surface area contributed by atoms with Crippen LogP contribution in [0.25, 0.3) is 10.9 Å². The molecule has 0 radical (unpaired) electrons. The molecule has 2 aromatic rings. The van der Waals surface area contributed by atoms with E-state index in [1.54, 1.807) is 6.20 Å². The van der Waals surface area contributed by atoms with Gasteiger partial charge < -0.3 is 10.2 Å². The molecular formula is C16H16N4O. The Balaban J connectivity index is 2.00. The number of anilines is 1. The topological polar surface area (TPSA) is 69.0 Å². The molecule has 0 unspecified atom stereocenters. The number of hydrogen-bond acceptors (Lipinski definition) is 4. The van der Waals surface area contributed by atoms with Crippen molar-refractivity contribution in [1.29, 1.82) is 5.26 Å². The molecule has 1 N–H and O–H groups in total. The zero-order chi connectivity index (χ0) is 14.8. The molecule has 0 spiro atoms. The van der Waals surface area contributed by atoms with E-state index in [0.29, 0.717) is 5.56 Å². The van der Waals surface area contributed by atoms with Crippen molar-refractivity contribution in [2.45, 2.75) is 19.4 Å². The number of rotatable bonds is 2. The third kappa shape index (κ3) is 2.52. The average molecular weight is 280 g/mol. The molecule has 1 amide bonds. The molecule has 21 heavy (non-hydrogen) atoms. The molecule has 1 aromatic heterocycles. The van der Waals surface area contributed by atoms with Crippen LogP contribution in [-0.2, 0) is 4.79 Å². The largest absolute Gasteiger partial charge is 0.368 e. The smallest absolute Gasteiger partial charge is 0.217 e. The lowest BCUT2D eigenvalue weighted by Crippen LogP contribution is -2.35. The fourth-order valence-corrected chi connectivity index (χ4v) is 2.92. The summed E-state index contributed by atoms with van der Waals surface area (Å²) in [4.78, 5) is 17.7. The van der Waals surface area contributed by atoms with Gasteiger partial charge in [-0.3, -0.25) is 9.78 Å². The maximum absolute atomic E-state index is 11.2. The normalized spacial score (nSPS) is 17.7. The molecule has 1 fully saturated rings. The summed E-state index contributed by atoms with van der Waals surface area (Å²) in [5, 5.41) is 13.3. The van der Waals surface area contributed by atoms with Crippen LogP contribution in [0, 0.1) is 11.3 Å². The minimum atomic E-state index is -0.0121. The Kier molecular flexibility index (Phi) is 3.44. The molecule has 2 heterocycles. The Morgan fingerprint density at radius 3 is 3.05 bits per heavy atom. The van der Waals surface area contributed by atoms with E-state index in [9.17, 15) is 10.1 Å². The highest BCUT2D eigenvalue weighted by molar-refractivity contribution is 5.94. The number of carbonyl (C=O) groups is 1. The first-order chi connectivity index (χ1) is 10.2. The van der Waals surface area contributed by atoms with Crippen LogP contribution in [0.15, 0.2) is 30.5 Å². The van der Waals surface area contributed by atoms with Crippen LogP contribution in [0.4, 0.5) is 5.69 Å². The van der Waals surface area contributed by atoms with E-state index in [2.05, 4.69) is 21.3 Å². The lowest BCUT2D eigenvalue weighted by Gasteiger charge is -2.21. The first-order valence-corrected chi connectivity index (χ1v) is 6.99. The van der Waals surface area contributed by atoms with Crippen LogP contribution >= 0.6 is 0 Å². The number of pyridine rings is 1. The quantitative estimate of drug-likeness (QED) is 0.911. The number of amides is 1. The number of aromatic nitrogens is 1. The van der Waals surface area contributed by atoms with Crippen LogP contribution in [-0.4, -0.2) is 30.0 Å². The van der Waals surface area contributed by atoms with Crippen LogP contribution in [0.2, 0.25) is 0 Å². The molecule has 1 aliphatic heterocycles. The van der Waals surface area contributed by atoms with Crippen LogP contribution in [0.3, 0.4) is 0 Å². The highest BCUT2D eigenvalue weighted by Gasteiger charge is 2.26. The van der Waals surface area contributed by atoms with Gasteiger partial charge in [0.05, 0.1) is 16.8 Å². The monoisotopic (exact) mass is 280 g/mol. The summed E-state index contributed by atoms with van der Waals surface area (Å²) in [6.45, 7) is 3.08. The molecule has 1 atom stereocenters. The number of nitrogens with zero attached hydrogens (tertiary/aromatic N) is 3. The minimum absolute atomic E-state index is 0.0121. The fraction of sp³-hybridized carbons (Fsp3) is 0.312. The van der Waals surface area contributed by atoms with Gasteiger partial charge in [0.2, 0.25) is 5.91 Å². The summed E-state index contributed by atoms with van der Waals surface area (Å²) in [6.07, 6.45) is 2.52. The third-order valence-electron chi connectivity index (χ3n) is 3.78. The molecule has 0 aliphatic carbocycles. The van der Waals surface area contributed by atoms with Gasteiger partial charge in [0.25, 0.3) is 0 Å². The van der Waals surface area contributed by atoms with Crippen LogP contribution < -0.4 is 10.2 Å². The summed E-state index contributed by atoms with van der Waals surface area (Å²) in [7, 11) is 0. The SMILES string of the molecule is CC(=O)N[C@H]1CCN(c2c(C#N)cnc3ccccc23)C1. The Morgan fingerprint density at radius 1 is 1.48 bits per heavy atom. The molecule has 5 heteroatoms. The number of benzene rings is 1. The molecule has 106 valence electrons. The Labute approximate surface area is 123 Å². The number of hydrogen-bond donors (Lipinski definition) is 1. The summed E-state index contributed by atoms with van der Waals surface area (Å²) in [5.74, 6) is -0.0121. The van der Waals surface area contributed by atoms with Gasteiger partial charge in [0.1, 0.15) is 6.07 Å². The predicted molar refractivity (Wildman–Crippen MR) is 80.9 cm³/mol. The first kappa shape index (κ1) is 13.4. The van der Waals surface area contributed by atoms with Gasteiger partial charge in [-0.2, -0.15) is 5.26 Å². The molecule has 3 rings (SSSR count). The van der Waals surface area contributed by atoms with E-state index in [-0.39, 0.29) is 11.9 Å². The van der Waals surface area contributed by atoms with Crippen molar-refractivity contribution in [1.82, 2.24) is 10.3 Å². The summed E-state index contributed by atoms with van der Waals surface area (Å²) in [6, 6.07) is 10.2. The second-order valence-corrected chi connectivity index (χ2v) is 5.28. The molecule has 0 saturated carbocycles. The van der Waals surface area contributed by atoms with Crippen molar-refractivity contribution >= 4 is 22.5 Å². The van der Waals surface area contributed by atoms with Crippen LogP contribution in [0.5, 0.6) is 0 Å². The third-order valence-corrected chi connectivity index (χ3v) is 3.78. The number of fused-ring (bicyclic) bond motifs is 1. The van der Waals surface area contributed by atoms with Crippen molar-refractivity contribution < 1.29 is 4.79 Å². The van der Waals surface area contributed by atoms with E-state index >= 15 is 0 Å². The summed E-state index contributed by atoms with van der Waals surface area (Å²) in [5.41, 5.74) is 2.39. The van der Waals surface area contributed by atoms with Gasteiger partial charge >= 0.3 is 0 Å². The molecule has 5 nitrogen and oxygen atoms in total. The number of para-hydroxylation sites is 1. The fourth-order valence-electron chi connectivity index (χ4n) is 2.92. The summed E-state index contributed by atoms with van der Waals surface area (Å²) >= 11 is 0. The second-order valence-electron chi connectivity index (χ2n) is 5.28. The zero-order valence-electron chi connectivity index (χ0n) is 11.8. The Hall–Kier alpha value is -2.61.